The van der Waals surface area contributed by atoms with E-state index in [1.54, 1.807) is 18.1 Å². The van der Waals surface area contributed by atoms with E-state index in [0.717, 1.165) is 42.4 Å². The second kappa shape index (κ2) is 17.4. The number of hydrogen-bond donors (Lipinski definition) is 2. The van der Waals surface area contributed by atoms with Crippen LogP contribution in [-0.4, -0.2) is 97.7 Å². The van der Waals surface area contributed by atoms with Crippen molar-refractivity contribution in [2.45, 2.75) is 50.8 Å². The third kappa shape index (κ3) is 10.8. The first-order valence-electron chi connectivity index (χ1n) is 16.3. The Labute approximate surface area is 285 Å². The molecule has 5 rings (SSSR count). The van der Waals surface area contributed by atoms with Crippen LogP contribution in [0.3, 0.4) is 0 Å². The average Bonchev–Trinajstić information content (AvgIpc) is 3.53. The predicted octanol–water partition coefficient (Wildman–Crippen LogP) is 3.98. The summed E-state index contributed by atoms with van der Waals surface area (Å²) in [5.41, 5.74) is 2.19. The van der Waals surface area contributed by atoms with Gasteiger partial charge >= 0.3 is 0 Å². The summed E-state index contributed by atoms with van der Waals surface area (Å²) in [4.78, 5) is 21.1. The second-order valence-corrected chi connectivity index (χ2v) is 15.3. The largest absolute Gasteiger partial charge is 0.454 e. The minimum absolute atomic E-state index is 0.202. The fourth-order valence-electron chi connectivity index (χ4n) is 5.69. The van der Waals surface area contributed by atoms with E-state index < -0.39 is 29.0 Å². The Morgan fingerprint density at radius 1 is 1.00 bits per heavy atom. The standard InChI is InChI=1S/C35H47N5O5S2/c1-26(2)21-39(46-30-11-12-33-34(19-30)45-25-44-33)23-32(41)31(18-28-8-5-4-6-9-28)37-35(42)27(3)24-47(43)40-16-14-38(15-17-40)22-29-10-7-13-36-20-29/h4-13,19-20,26-27,31-32,41H,14-18,21-25H2,1-3H3,(H,37,42)/t27-,31+,32-,47?/m1/s1. The van der Waals surface area contributed by atoms with Crippen molar-refractivity contribution in [3.8, 4) is 11.5 Å². The first kappa shape index (κ1) is 35.3. The van der Waals surface area contributed by atoms with Crippen LogP contribution in [0.4, 0.5) is 0 Å². The summed E-state index contributed by atoms with van der Waals surface area (Å²) in [6.07, 6.45) is 3.29. The van der Waals surface area contributed by atoms with Gasteiger partial charge in [0.25, 0.3) is 0 Å². The number of pyridine rings is 1. The van der Waals surface area contributed by atoms with Crippen LogP contribution in [0.5, 0.6) is 11.5 Å². The molecule has 0 saturated carbocycles. The molecule has 2 aliphatic rings. The van der Waals surface area contributed by atoms with Crippen molar-refractivity contribution in [3.05, 3.63) is 84.2 Å². The molecule has 3 aromatic rings. The van der Waals surface area contributed by atoms with Gasteiger partial charge in [-0.25, -0.2) is 12.8 Å². The monoisotopic (exact) mass is 681 g/mol. The maximum atomic E-state index is 13.6. The predicted molar refractivity (Wildman–Crippen MR) is 186 cm³/mol. The maximum Gasteiger partial charge on any atom is 0.231 e. The van der Waals surface area contributed by atoms with Gasteiger partial charge in [-0.1, -0.05) is 57.2 Å². The zero-order chi connectivity index (χ0) is 33.2. The summed E-state index contributed by atoms with van der Waals surface area (Å²) in [6.45, 7) is 11.2. The molecule has 0 aliphatic carbocycles. The van der Waals surface area contributed by atoms with Crippen molar-refractivity contribution < 1.29 is 23.6 Å². The van der Waals surface area contributed by atoms with Gasteiger partial charge < -0.3 is 19.9 Å². The van der Waals surface area contributed by atoms with Crippen LogP contribution in [0, 0.1) is 11.8 Å². The van der Waals surface area contributed by atoms with Crippen molar-refractivity contribution in [1.82, 2.24) is 23.8 Å². The molecular weight excluding hydrogens is 635 g/mol. The van der Waals surface area contributed by atoms with Crippen LogP contribution in [-0.2, 0) is 28.7 Å². The fraction of sp³-hybridized carbons (Fsp3) is 0.486. The van der Waals surface area contributed by atoms with E-state index in [-0.39, 0.29) is 18.5 Å². The molecule has 2 N–H and O–H groups in total. The van der Waals surface area contributed by atoms with Crippen LogP contribution in [0.15, 0.2) is 78.0 Å². The third-order valence-electron chi connectivity index (χ3n) is 8.22. The number of aliphatic hydroxyl groups excluding tert-OH is 1. The number of carbonyl (C=O) groups is 1. The topological polar surface area (TPSA) is 107 Å². The van der Waals surface area contributed by atoms with E-state index in [1.807, 2.05) is 72.0 Å². The number of benzene rings is 2. The minimum Gasteiger partial charge on any atom is -0.454 e. The number of hydrogen-bond acceptors (Lipinski definition) is 9. The van der Waals surface area contributed by atoms with Crippen molar-refractivity contribution in [2.75, 3.05) is 51.8 Å². The summed E-state index contributed by atoms with van der Waals surface area (Å²) >= 11 is 1.56. The average molecular weight is 682 g/mol. The lowest BCUT2D eigenvalue weighted by Gasteiger charge is -2.34. The molecule has 12 heteroatoms. The Morgan fingerprint density at radius 3 is 2.47 bits per heavy atom. The molecule has 1 unspecified atom stereocenters. The van der Waals surface area contributed by atoms with Gasteiger partial charge in [-0.3, -0.25) is 14.7 Å². The number of ether oxygens (including phenoxy) is 2. The van der Waals surface area contributed by atoms with E-state index in [2.05, 4.69) is 39.4 Å². The fourth-order valence-corrected chi connectivity index (χ4v) is 8.23. The Bertz CT molecular complexity index is 1440. The van der Waals surface area contributed by atoms with E-state index in [9.17, 15) is 14.1 Å². The molecule has 10 nitrogen and oxygen atoms in total. The molecule has 254 valence electrons. The number of rotatable bonds is 16. The molecule has 1 saturated heterocycles. The minimum atomic E-state index is -1.28. The lowest BCUT2D eigenvalue weighted by molar-refractivity contribution is -0.125. The number of aliphatic hydroxyl groups is 1. The smallest absolute Gasteiger partial charge is 0.231 e. The number of nitrogens with one attached hydrogen (secondary N) is 1. The lowest BCUT2D eigenvalue weighted by Crippen LogP contribution is -2.51. The molecule has 3 heterocycles. The molecule has 47 heavy (non-hydrogen) atoms. The highest BCUT2D eigenvalue weighted by molar-refractivity contribution is 7.97. The van der Waals surface area contributed by atoms with E-state index in [4.69, 9.17) is 9.47 Å². The Morgan fingerprint density at radius 2 is 1.74 bits per heavy atom. The number of aromatic nitrogens is 1. The Balaban J connectivity index is 1.18. The molecule has 2 aromatic carbocycles. The van der Waals surface area contributed by atoms with Gasteiger partial charge in [0.2, 0.25) is 12.7 Å². The maximum absolute atomic E-state index is 13.6. The van der Waals surface area contributed by atoms with Gasteiger partial charge in [0.05, 0.1) is 23.1 Å². The normalized spacial score (nSPS) is 17.8. The number of nitrogens with zero attached hydrogens (tertiary/aromatic N) is 4. The second-order valence-electron chi connectivity index (χ2n) is 12.7. The van der Waals surface area contributed by atoms with Crippen LogP contribution < -0.4 is 14.8 Å². The molecule has 0 spiro atoms. The summed E-state index contributed by atoms with van der Waals surface area (Å²) in [7, 11) is -1.28. The van der Waals surface area contributed by atoms with Crippen molar-refractivity contribution >= 4 is 28.8 Å². The number of fused-ring (bicyclic) bond motifs is 1. The summed E-state index contributed by atoms with van der Waals surface area (Å²) in [5.74, 6) is 1.36. The van der Waals surface area contributed by atoms with Crippen LogP contribution in [0.1, 0.15) is 31.9 Å². The van der Waals surface area contributed by atoms with Gasteiger partial charge in [0.15, 0.2) is 11.5 Å². The molecule has 0 bridgehead atoms. The summed E-state index contributed by atoms with van der Waals surface area (Å²) in [5, 5.41) is 14.8. The van der Waals surface area contributed by atoms with Crippen molar-refractivity contribution in [1.29, 1.82) is 0 Å². The van der Waals surface area contributed by atoms with Gasteiger partial charge in [-0.15, -0.1) is 0 Å². The zero-order valence-electron chi connectivity index (χ0n) is 27.5. The van der Waals surface area contributed by atoms with E-state index >= 15 is 0 Å². The number of carbonyl (C=O) groups excluding carboxylic acids is 1. The molecule has 4 atom stereocenters. The summed E-state index contributed by atoms with van der Waals surface area (Å²) < 4.78 is 28.5. The van der Waals surface area contributed by atoms with Crippen LogP contribution in [0.2, 0.25) is 0 Å². The quantitative estimate of drug-likeness (QED) is 0.217. The first-order valence-corrected chi connectivity index (χ1v) is 18.4. The highest BCUT2D eigenvalue weighted by atomic mass is 32.2. The third-order valence-corrected chi connectivity index (χ3v) is 11.0. The Kier molecular flexibility index (Phi) is 13.1. The van der Waals surface area contributed by atoms with Crippen LogP contribution in [0.25, 0.3) is 0 Å². The SMILES string of the molecule is CC(C)CN(C[C@@H](O)[C@H](Cc1ccccc1)NC(=O)[C@H](C)CS(=O)N1CCN(Cc2cccnc2)CC1)Sc1ccc2c(c1)OCO2. The molecule has 1 fully saturated rings. The first-order chi connectivity index (χ1) is 22.7. The summed E-state index contributed by atoms with van der Waals surface area (Å²) in [6, 6.07) is 19.2. The van der Waals surface area contributed by atoms with Crippen molar-refractivity contribution in [3.63, 3.8) is 0 Å². The molecule has 1 amide bonds. The zero-order valence-corrected chi connectivity index (χ0v) is 29.1. The lowest BCUT2D eigenvalue weighted by atomic mass is 10.00. The van der Waals surface area contributed by atoms with Gasteiger partial charge in [-0.2, -0.15) is 0 Å². The molecule has 2 aliphatic heterocycles. The van der Waals surface area contributed by atoms with Crippen LogP contribution >= 0.6 is 11.9 Å². The molecule has 0 radical (unpaired) electrons. The highest BCUT2D eigenvalue weighted by Gasteiger charge is 2.29. The van der Waals surface area contributed by atoms with Crippen molar-refractivity contribution in [2.24, 2.45) is 11.8 Å². The number of amides is 1. The molecular formula is C35H47N5O5S2. The van der Waals surface area contributed by atoms with Gasteiger partial charge in [0, 0.05) is 74.8 Å². The van der Waals surface area contributed by atoms with Gasteiger partial charge in [0.1, 0.15) is 0 Å². The highest BCUT2D eigenvalue weighted by Crippen LogP contribution is 2.36. The molecule has 1 aromatic heterocycles. The number of piperazine rings is 1. The Hall–Kier alpha value is -3.00. The van der Waals surface area contributed by atoms with Gasteiger partial charge in [-0.05, 0) is 59.7 Å². The van der Waals surface area contributed by atoms with E-state index in [0.29, 0.717) is 37.7 Å². The van der Waals surface area contributed by atoms with E-state index in [1.165, 1.54) is 5.56 Å².